The van der Waals surface area contributed by atoms with Crippen LogP contribution in [0.5, 0.6) is 0 Å². The monoisotopic (exact) mass is 292 g/mol. The van der Waals surface area contributed by atoms with Gasteiger partial charge in [-0.05, 0) is 49.6 Å². The zero-order valence-corrected chi connectivity index (χ0v) is 12.9. The topological polar surface area (TPSA) is 0 Å². The van der Waals surface area contributed by atoms with Crippen molar-refractivity contribution in [3.05, 3.63) is 46.0 Å². The largest absolute Gasteiger partial charge is 0.0874 e. The zero-order chi connectivity index (χ0) is 12.9. The van der Waals surface area contributed by atoms with Crippen molar-refractivity contribution in [3.63, 3.8) is 0 Å². The molecule has 0 saturated carbocycles. The van der Waals surface area contributed by atoms with Gasteiger partial charge in [-0.3, -0.25) is 0 Å². The molecule has 0 N–H and O–H groups in total. The maximum atomic E-state index is 6.52. The van der Waals surface area contributed by atoms with Crippen LogP contribution in [-0.2, 0) is 0 Å². The highest BCUT2D eigenvalue weighted by Gasteiger charge is 2.23. The molecule has 2 aromatic carbocycles. The van der Waals surface area contributed by atoms with E-state index in [4.69, 9.17) is 11.6 Å². The predicted octanol–water partition coefficient (Wildman–Crippen LogP) is 5.88. The molecule has 0 atom stereocenters. The van der Waals surface area contributed by atoms with E-state index in [9.17, 15) is 0 Å². The van der Waals surface area contributed by atoms with E-state index in [0.717, 1.165) is 5.02 Å². The van der Waals surface area contributed by atoms with Gasteiger partial charge in [-0.1, -0.05) is 47.3 Å². The molecule has 1 aliphatic heterocycles. The lowest BCUT2D eigenvalue weighted by molar-refractivity contribution is 1.07. The maximum Gasteiger partial charge on any atom is 0.0588 e. The molecule has 3 heteroatoms. The summed E-state index contributed by atoms with van der Waals surface area (Å²) >= 11 is 10.2. The van der Waals surface area contributed by atoms with E-state index in [1.807, 2.05) is 11.8 Å². The van der Waals surface area contributed by atoms with Crippen LogP contribution < -0.4 is 0 Å². The molecule has 1 heterocycles. The summed E-state index contributed by atoms with van der Waals surface area (Å²) in [6, 6.07) is 8.52. The van der Waals surface area contributed by atoms with E-state index < -0.39 is 0 Å². The fourth-order valence-corrected chi connectivity index (χ4v) is 5.08. The molecule has 0 saturated heterocycles. The molecule has 18 heavy (non-hydrogen) atoms. The van der Waals surface area contributed by atoms with Crippen LogP contribution in [0.2, 0.25) is 5.02 Å². The van der Waals surface area contributed by atoms with Gasteiger partial charge in [0.05, 0.1) is 5.02 Å². The van der Waals surface area contributed by atoms with Crippen LogP contribution in [0.25, 0.3) is 0 Å². The first-order chi connectivity index (χ1) is 8.59. The number of fused-ring (bicyclic) bond motifs is 2. The molecule has 0 aromatic heterocycles. The van der Waals surface area contributed by atoms with E-state index in [0.29, 0.717) is 0 Å². The van der Waals surface area contributed by atoms with Crippen LogP contribution in [-0.4, -0.2) is 0 Å². The third kappa shape index (κ3) is 1.78. The molecule has 0 radical (unpaired) electrons. The fraction of sp³-hybridized carbons (Fsp3) is 0.200. The quantitative estimate of drug-likeness (QED) is 0.507. The first-order valence-corrected chi connectivity index (χ1v) is 7.84. The Morgan fingerprint density at radius 1 is 0.778 bits per heavy atom. The Morgan fingerprint density at radius 3 is 1.94 bits per heavy atom. The molecular weight excluding hydrogens is 280 g/mol. The van der Waals surface area contributed by atoms with Crippen molar-refractivity contribution in [3.8, 4) is 0 Å². The van der Waals surface area contributed by atoms with Crippen LogP contribution >= 0.6 is 35.1 Å². The molecule has 3 rings (SSSR count). The minimum Gasteiger partial charge on any atom is -0.0874 e. The molecule has 0 unspecified atom stereocenters. The Kier molecular flexibility index (Phi) is 3.13. The van der Waals surface area contributed by atoms with E-state index in [1.54, 1.807) is 11.8 Å². The molecule has 0 bridgehead atoms. The summed E-state index contributed by atoms with van der Waals surface area (Å²) in [5.41, 5.74) is 3.88. The minimum absolute atomic E-state index is 0.917. The third-order valence-electron chi connectivity index (χ3n) is 3.47. The predicted molar refractivity (Wildman–Crippen MR) is 80.4 cm³/mol. The Balaban J connectivity index is 2.25. The summed E-state index contributed by atoms with van der Waals surface area (Å²) in [6.45, 7) is 6.46. The van der Waals surface area contributed by atoms with E-state index >= 15 is 0 Å². The summed E-state index contributed by atoms with van der Waals surface area (Å²) in [7, 11) is 0. The van der Waals surface area contributed by atoms with E-state index in [2.05, 4.69) is 45.0 Å². The number of halogens is 1. The second-order valence-electron chi connectivity index (χ2n) is 4.50. The third-order valence-corrected chi connectivity index (χ3v) is 6.80. The summed E-state index contributed by atoms with van der Waals surface area (Å²) < 4.78 is 0. The summed E-state index contributed by atoms with van der Waals surface area (Å²) in [5.74, 6) is 0. The normalized spacial score (nSPS) is 13.1. The van der Waals surface area contributed by atoms with Crippen LogP contribution in [0, 0.1) is 20.8 Å². The molecule has 0 spiro atoms. The fourth-order valence-electron chi connectivity index (χ4n) is 2.11. The lowest BCUT2D eigenvalue weighted by Gasteiger charge is -2.23. The molecule has 0 aliphatic carbocycles. The molecule has 0 nitrogen and oxygen atoms in total. The van der Waals surface area contributed by atoms with Gasteiger partial charge in [-0.15, -0.1) is 0 Å². The second-order valence-corrected chi connectivity index (χ2v) is 6.98. The highest BCUT2D eigenvalue weighted by atomic mass is 35.5. The highest BCUT2D eigenvalue weighted by molar-refractivity contribution is 8.05. The first-order valence-electron chi connectivity index (χ1n) is 5.83. The van der Waals surface area contributed by atoms with Crippen LogP contribution in [0.3, 0.4) is 0 Å². The van der Waals surface area contributed by atoms with Crippen molar-refractivity contribution in [1.29, 1.82) is 0 Å². The van der Waals surface area contributed by atoms with Gasteiger partial charge < -0.3 is 0 Å². The van der Waals surface area contributed by atoms with Gasteiger partial charge in [0, 0.05) is 19.6 Å². The van der Waals surface area contributed by atoms with Crippen LogP contribution in [0.1, 0.15) is 16.7 Å². The number of benzene rings is 2. The molecule has 2 aromatic rings. The maximum absolute atomic E-state index is 6.52. The van der Waals surface area contributed by atoms with Gasteiger partial charge in [-0.25, -0.2) is 0 Å². The summed E-state index contributed by atoms with van der Waals surface area (Å²) in [5, 5.41) is 0.917. The van der Waals surface area contributed by atoms with Crippen molar-refractivity contribution in [2.75, 3.05) is 0 Å². The smallest absolute Gasteiger partial charge is 0.0588 e. The van der Waals surface area contributed by atoms with Gasteiger partial charge >= 0.3 is 0 Å². The molecular formula is C15H13ClS2. The Hall–Kier alpha value is -0.570. The summed E-state index contributed by atoms with van der Waals surface area (Å²) in [4.78, 5) is 5.18. The Bertz CT molecular complexity index is 591. The standard InChI is InChI=1S/C15H13ClS2/c1-8-9(2)13(16)15-14(10(8)3)17-11-6-4-5-7-12(11)18-15/h4-7H,1-3H3. The Labute approximate surface area is 121 Å². The van der Waals surface area contributed by atoms with Gasteiger partial charge in [0.1, 0.15) is 0 Å². The van der Waals surface area contributed by atoms with Gasteiger partial charge in [0.15, 0.2) is 0 Å². The molecule has 1 aliphatic rings. The van der Waals surface area contributed by atoms with Crippen molar-refractivity contribution in [1.82, 2.24) is 0 Å². The van der Waals surface area contributed by atoms with E-state index in [1.165, 1.54) is 36.3 Å². The van der Waals surface area contributed by atoms with Crippen molar-refractivity contribution < 1.29 is 0 Å². The average Bonchev–Trinajstić information content (AvgIpc) is 2.41. The second kappa shape index (κ2) is 4.52. The van der Waals surface area contributed by atoms with Gasteiger partial charge in [-0.2, -0.15) is 0 Å². The van der Waals surface area contributed by atoms with Gasteiger partial charge in [0.2, 0.25) is 0 Å². The highest BCUT2D eigenvalue weighted by Crippen LogP contribution is 2.53. The van der Waals surface area contributed by atoms with Crippen molar-refractivity contribution >= 4 is 35.1 Å². The van der Waals surface area contributed by atoms with Crippen LogP contribution in [0.15, 0.2) is 43.8 Å². The van der Waals surface area contributed by atoms with Crippen molar-refractivity contribution in [2.24, 2.45) is 0 Å². The van der Waals surface area contributed by atoms with Crippen molar-refractivity contribution in [2.45, 2.75) is 40.4 Å². The lowest BCUT2D eigenvalue weighted by Crippen LogP contribution is -1.98. The molecule has 0 amide bonds. The molecule has 0 fully saturated rings. The average molecular weight is 293 g/mol. The lowest BCUT2D eigenvalue weighted by atomic mass is 10.0. The van der Waals surface area contributed by atoms with Crippen LogP contribution in [0.4, 0.5) is 0 Å². The molecule has 92 valence electrons. The number of hydrogen-bond acceptors (Lipinski definition) is 2. The zero-order valence-electron chi connectivity index (χ0n) is 10.5. The van der Waals surface area contributed by atoms with E-state index in [-0.39, 0.29) is 0 Å². The minimum atomic E-state index is 0.917. The summed E-state index contributed by atoms with van der Waals surface area (Å²) in [6.07, 6.45) is 0. The first kappa shape index (κ1) is 12.5. The number of hydrogen-bond donors (Lipinski definition) is 0. The van der Waals surface area contributed by atoms with Gasteiger partial charge in [0.25, 0.3) is 0 Å². The SMILES string of the molecule is Cc1c(C)c(Cl)c2c(c1C)Sc1ccccc1S2. The number of rotatable bonds is 0. The Morgan fingerprint density at radius 2 is 1.33 bits per heavy atom.